The molecule has 1 unspecified atom stereocenters. The molecule has 1 aromatic rings. The quantitative estimate of drug-likeness (QED) is 0.649. The van der Waals surface area contributed by atoms with Gasteiger partial charge in [-0.05, 0) is 37.0 Å². The van der Waals surface area contributed by atoms with Crippen LogP contribution in [0.4, 0.5) is 4.39 Å². The van der Waals surface area contributed by atoms with Crippen molar-refractivity contribution in [3.05, 3.63) is 35.6 Å². The lowest BCUT2D eigenvalue weighted by Gasteiger charge is -2.18. The van der Waals surface area contributed by atoms with E-state index in [1.54, 1.807) is 26.1 Å². The van der Waals surface area contributed by atoms with Gasteiger partial charge in [-0.25, -0.2) is 9.18 Å². The van der Waals surface area contributed by atoms with E-state index in [4.69, 9.17) is 9.47 Å². The Labute approximate surface area is 142 Å². The summed E-state index contributed by atoms with van der Waals surface area (Å²) in [4.78, 5) is 25.1. The Morgan fingerprint density at radius 1 is 1.25 bits per heavy atom. The summed E-state index contributed by atoms with van der Waals surface area (Å²) in [5, 5.41) is 0. The maximum Gasteiger partial charge on any atom is 0.335 e. The molecule has 6 heteroatoms. The lowest BCUT2D eigenvalue weighted by atomic mass is 10.1. The fourth-order valence-corrected chi connectivity index (χ4v) is 1.91. The van der Waals surface area contributed by atoms with Crippen LogP contribution in [0.2, 0.25) is 0 Å². The number of nitrogens with zero attached hydrogens (tertiary/aromatic N) is 1. The molecule has 0 aliphatic carbocycles. The van der Waals surface area contributed by atoms with Crippen LogP contribution in [-0.2, 0) is 25.6 Å². The minimum atomic E-state index is -0.704. The number of likely N-dealkylation sites (N-methyl/N-ethyl adjacent to an activating group) is 1. The van der Waals surface area contributed by atoms with Crippen molar-refractivity contribution in [3.63, 3.8) is 0 Å². The van der Waals surface area contributed by atoms with Crippen molar-refractivity contribution >= 4 is 11.9 Å². The fourth-order valence-electron chi connectivity index (χ4n) is 1.91. The summed E-state index contributed by atoms with van der Waals surface area (Å²) < 4.78 is 23.5. The molecular formula is C18H26FNO4. The number of ether oxygens (including phenoxy) is 2. The van der Waals surface area contributed by atoms with E-state index in [9.17, 15) is 14.0 Å². The molecule has 0 bridgehead atoms. The van der Waals surface area contributed by atoms with Crippen LogP contribution in [0.15, 0.2) is 24.3 Å². The minimum absolute atomic E-state index is 0.245. The highest BCUT2D eigenvalue weighted by Crippen LogP contribution is 2.07. The van der Waals surface area contributed by atoms with Crippen LogP contribution in [0.1, 0.15) is 32.8 Å². The number of benzene rings is 1. The summed E-state index contributed by atoms with van der Waals surface area (Å²) in [6.45, 7) is 6.10. The van der Waals surface area contributed by atoms with Gasteiger partial charge in [0.15, 0.2) is 12.7 Å². The highest BCUT2D eigenvalue weighted by atomic mass is 19.1. The molecular weight excluding hydrogens is 313 g/mol. The maximum atomic E-state index is 13.1. The van der Waals surface area contributed by atoms with E-state index >= 15 is 0 Å². The Morgan fingerprint density at radius 3 is 2.58 bits per heavy atom. The highest BCUT2D eigenvalue weighted by Gasteiger charge is 2.18. The van der Waals surface area contributed by atoms with Crippen molar-refractivity contribution in [1.29, 1.82) is 0 Å². The predicted molar refractivity (Wildman–Crippen MR) is 88.7 cm³/mol. The van der Waals surface area contributed by atoms with Gasteiger partial charge < -0.3 is 14.4 Å². The minimum Gasteiger partial charge on any atom is -0.454 e. The third kappa shape index (κ3) is 7.55. The van der Waals surface area contributed by atoms with Crippen LogP contribution in [0.5, 0.6) is 0 Å². The number of esters is 1. The van der Waals surface area contributed by atoms with Crippen LogP contribution in [-0.4, -0.2) is 43.1 Å². The second-order valence-electron chi connectivity index (χ2n) is 6.18. The van der Waals surface area contributed by atoms with Crippen LogP contribution < -0.4 is 0 Å². The fraction of sp³-hybridized carbons (Fsp3) is 0.556. The number of rotatable bonds is 9. The molecule has 5 nitrogen and oxygen atoms in total. The van der Waals surface area contributed by atoms with Gasteiger partial charge in [0, 0.05) is 20.2 Å². The molecule has 24 heavy (non-hydrogen) atoms. The Morgan fingerprint density at radius 2 is 1.96 bits per heavy atom. The molecule has 0 aliphatic rings. The average molecular weight is 339 g/mol. The third-order valence-corrected chi connectivity index (χ3v) is 3.47. The molecule has 0 aliphatic heterocycles. The van der Waals surface area contributed by atoms with Gasteiger partial charge in [0.25, 0.3) is 5.91 Å². The van der Waals surface area contributed by atoms with E-state index in [1.807, 2.05) is 0 Å². The summed E-state index contributed by atoms with van der Waals surface area (Å²) in [6, 6.07) is 6.01. The average Bonchev–Trinajstić information content (AvgIpc) is 2.51. The standard InChI is InChI=1S/C18H26FNO4/c1-13(2)8-9-23-14(3)18(22)24-12-17(21)20(4)11-15-6-5-7-16(19)10-15/h5-7,10,13-14H,8-9,11-12H2,1-4H3. The third-order valence-electron chi connectivity index (χ3n) is 3.47. The van der Waals surface area contributed by atoms with E-state index in [1.165, 1.54) is 17.0 Å². The number of carbonyl (C=O) groups is 2. The second-order valence-corrected chi connectivity index (χ2v) is 6.18. The zero-order chi connectivity index (χ0) is 18.1. The molecule has 0 saturated carbocycles. The summed E-state index contributed by atoms with van der Waals surface area (Å²) in [5.74, 6) is -0.785. The molecule has 1 rings (SSSR count). The topological polar surface area (TPSA) is 55.8 Å². The van der Waals surface area contributed by atoms with Gasteiger partial charge in [-0.3, -0.25) is 4.79 Å². The maximum absolute atomic E-state index is 13.1. The Balaban J connectivity index is 2.34. The molecule has 1 atom stereocenters. The lowest BCUT2D eigenvalue weighted by Crippen LogP contribution is -2.33. The smallest absolute Gasteiger partial charge is 0.335 e. The molecule has 0 heterocycles. The van der Waals surface area contributed by atoms with E-state index in [0.717, 1.165) is 6.42 Å². The molecule has 0 N–H and O–H groups in total. The summed E-state index contributed by atoms with van der Waals surface area (Å²) in [6.07, 6.45) is 0.150. The first-order valence-electron chi connectivity index (χ1n) is 8.06. The normalized spacial score (nSPS) is 12.1. The largest absolute Gasteiger partial charge is 0.454 e. The van der Waals surface area contributed by atoms with E-state index in [2.05, 4.69) is 13.8 Å². The summed E-state index contributed by atoms with van der Waals surface area (Å²) >= 11 is 0. The van der Waals surface area contributed by atoms with Gasteiger partial charge in [0.05, 0.1) is 0 Å². The number of amides is 1. The number of hydrogen-bond donors (Lipinski definition) is 0. The Hall–Kier alpha value is -1.95. The van der Waals surface area contributed by atoms with E-state index < -0.39 is 12.1 Å². The molecule has 0 saturated heterocycles. The SMILES string of the molecule is CC(C)CCOC(C)C(=O)OCC(=O)N(C)Cc1cccc(F)c1. The molecule has 0 radical (unpaired) electrons. The van der Waals surface area contributed by atoms with Crippen molar-refractivity contribution in [2.45, 2.75) is 39.8 Å². The lowest BCUT2D eigenvalue weighted by molar-refractivity contribution is -0.161. The summed E-state index contributed by atoms with van der Waals surface area (Å²) in [5.41, 5.74) is 0.669. The van der Waals surface area contributed by atoms with Gasteiger partial charge in [-0.2, -0.15) is 0 Å². The van der Waals surface area contributed by atoms with E-state index in [0.29, 0.717) is 18.1 Å². The van der Waals surface area contributed by atoms with Crippen LogP contribution >= 0.6 is 0 Å². The molecule has 0 fully saturated rings. The Bertz CT molecular complexity index is 548. The Kier molecular flexibility index (Phi) is 8.40. The van der Waals surface area contributed by atoms with Gasteiger partial charge in [0.1, 0.15) is 5.82 Å². The number of hydrogen-bond acceptors (Lipinski definition) is 4. The first kappa shape index (κ1) is 20.1. The first-order valence-corrected chi connectivity index (χ1v) is 8.06. The zero-order valence-electron chi connectivity index (χ0n) is 14.8. The number of halogens is 1. The molecule has 0 aromatic heterocycles. The highest BCUT2D eigenvalue weighted by molar-refractivity contribution is 5.81. The van der Waals surface area contributed by atoms with Gasteiger partial charge in [0.2, 0.25) is 0 Å². The first-order chi connectivity index (χ1) is 11.3. The van der Waals surface area contributed by atoms with Gasteiger partial charge in [-0.15, -0.1) is 0 Å². The second kappa shape index (κ2) is 10.0. The van der Waals surface area contributed by atoms with Crippen LogP contribution in [0.25, 0.3) is 0 Å². The van der Waals surface area contributed by atoms with Crippen LogP contribution in [0, 0.1) is 11.7 Å². The van der Waals surface area contributed by atoms with Gasteiger partial charge in [-0.1, -0.05) is 26.0 Å². The number of carbonyl (C=O) groups excluding carboxylic acids is 2. The predicted octanol–water partition coefficient (Wildman–Crippen LogP) is 2.78. The molecule has 1 aromatic carbocycles. The van der Waals surface area contributed by atoms with Crippen molar-refractivity contribution in [3.8, 4) is 0 Å². The van der Waals surface area contributed by atoms with Crippen molar-refractivity contribution < 1.29 is 23.5 Å². The van der Waals surface area contributed by atoms with Gasteiger partial charge >= 0.3 is 5.97 Å². The van der Waals surface area contributed by atoms with Crippen LogP contribution in [0.3, 0.4) is 0 Å². The zero-order valence-corrected chi connectivity index (χ0v) is 14.8. The van der Waals surface area contributed by atoms with Crippen molar-refractivity contribution in [2.75, 3.05) is 20.3 Å². The van der Waals surface area contributed by atoms with Crippen molar-refractivity contribution in [1.82, 2.24) is 4.90 Å². The summed E-state index contributed by atoms with van der Waals surface area (Å²) in [7, 11) is 1.57. The van der Waals surface area contributed by atoms with E-state index in [-0.39, 0.29) is 24.9 Å². The molecule has 0 spiro atoms. The molecule has 1 amide bonds. The molecule has 134 valence electrons. The monoisotopic (exact) mass is 339 g/mol. The van der Waals surface area contributed by atoms with Crippen molar-refractivity contribution in [2.24, 2.45) is 5.92 Å².